The molecule has 0 unspecified atom stereocenters. The molecule has 0 atom stereocenters. The van der Waals surface area contributed by atoms with Crippen LogP contribution < -0.4 is 0 Å². The Morgan fingerprint density at radius 3 is 2.78 bits per heavy atom. The summed E-state index contributed by atoms with van der Waals surface area (Å²) in [5.41, 5.74) is 2.62. The molecule has 3 rings (SSSR count). The first kappa shape index (κ1) is 14.8. The minimum atomic E-state index is -0.407. The van der Waals surface area contributed by atoms with Gasteiger partial charge >= 0.3 is 5.97 Å². The average molecular weight is 308 g/mol. The Morgan fingerprint density at radius 2 is 2.00 bits per heavy atom. The van der Waals surface area contributed by atoms with Crippen molar-refractivity contribution in [3.8, 4) is 5.88 Å². The molecular weight excluding hydrogens is 292 g/mol. The van der Waals surface area contributed by atoms with Gasteiger partial charge in [-0.15, -0.1) is 0 Å². The minimum Gasteiger partial charge on any atom is -0.494 e. The molecule has 1 N–H and O–H groups in total. The lowest BCUT2D eigenvalue weighted by Gasteiger charge is -2.00. The summed E-state index contributed by atoms with van der Waals surface area (Å²) < 4.78 is 6.41. The molecular formula is C18H16N2O3. The summed E-state index contributed by atoms with van der Waals surface area (Å²) in [6.45, 7) is 0. The lowest BCUT2D eigenvalue weighted by molar-refractivity contribution is 0.0601. The molecule has 0 amide bonds. The summed E-state index contributed by atoms with van der Waals surface area (Å²) in [7, 11) is 3.14. The van der Waals surface area contributed by atoms with Crippen molar-refractivity contribution in [3.05, 3.63) is 59.7 Å². The van der Waals surface area contributed by atoms with E-state index in [0.717, 1.165) is 10.9 Å². The molecule has 0 fully saturated rings. The van der Waals surface area contributed by atoms with E-state index in [1.165, 1.54) is 7.11 Å². The number of esters is 1. The highest BCUT2D eigenvalue weighted by atomic mass is 16.5. The maximum absolute atomic E-state index is 11.6. The predicted octanol–water partition coefficient (Wildman–Crippen LogP) is 3.42. The van der Waals surface area contributed by atoms with Crippen LogP contribution in [0.3, 0.4) is 0 Å². The first-order valence-corrected chi connectivity index (χ1v) is 7.10. The number of nitrogens with zero attached hydrogens (tertiary/aromatic N) is 2. The first-order chi connectivity index (χ1) is 11.1. The second-order valence-electron chi connectivity index (χ2n) is 5.11. The van der Waals surface area contributed by atoms with E-state index in [-0.39, 0.29) is 5.88 Å². The van der Waals surface area contributed by atoms with Gasteiger partial charge in [0.2, 0.25) is 5.88 Å². The fourth-order valence-electron chi connectivity index (χ4n) is 2.51. The second-order valence-corrected chi connectivity index (χ2v) is 5.11. The van der Waals surface area contributed by atoms with Gasteiger partial charge in [-0.25, -0.2) is 4.79 Å². The standard InChI is InChI=1S/C18H16N2O3/c1-20-16-9-4-3-8-14(16)15(17(20)21)11-19-13-7-5-6-12(10-13)18(22)23-2/h3-11,21H,1-2H3. The molecule has 2 aromatic carbocycles. The number of para-hydroxylation sites is 1. The van der Waals surface area contributed by atoms with Crippen LogP contribution in [0.1, 0.15) is 15.9 Å². The summed E-state index contributed by atoms with van der Waals surface area (Å²) in [5, 5.41) is 11.2. The van der Waals surface area contributed by atoms with Gasteiger partial charge in [0.15, 0.2) is 0 Å². The smallest absolute Gasteiger partial charge is 0.337 e. The van der Waals surface area contributed by atoms with Crippen molar-refractivity contribution in [3.63, 3.8) is 0 Å². The van der Waals surface area contributed by atoms with Crippen LogP contribution in [0.5, 0.6) is 5.88 Å². The molecule has 1 heterocycles. The molecule has 0 radical (unpaired) electrons. The van der Waals surface area contributed by atoms with E-state index >= 15 is 0 Å². The van der Waals surface area contributed by atoms with Crippen molar-refractivity contribution < 1.29 is 14.6 Å². The third kappa shape index (κ3) is 2.68. The fraction of sp³-hybridized carbons (Fsp3) is 0.111. The molecule has 5 nitrogen and oxygen atoms in total. The summed E-state index contributed by atoms with van der Waals surface area (Å²) >= 11 is 0. The largest absolute Gasteiger partial charge is 0.494 e. The van der Waals surface area contributed by atoms with Crippen LogP contribution in [0.15, 0.2) is 53.5 Å². The molecule has 0 aliphatic carbocycles. The number of rotatable bonds is 3. The molecule has 0 aliphatic rings. The number of carbonyl (C=O) groups excluding carboxylic acids is 1. The lowest BCUT2D eigenvalue weighted by Crippen LogP contribution is -1.99. The van der Waals surface area contributed by atoms with Gasteiger partial charge in [0.1, 0.15) is 0 Å². The Bertz CT molecular complexity index is 910. The first-order valence-electron chi connectivity index (χ1n) is 7.10. The molecule has 1 aromatic heterocycles. The zero-order valence-corrected chi connectivity index (χ0v) is 12.9. The molecule has 0 spiro atoms. The van der Waals surface area contributed by atoms with Crippen LogP contribution in [0.2, 0.25) is 0 Å². The van der Waals surface area contributed by atoms with Crippen LogP contribution in [0, 0.1) is 0 Å². The Labute approximate surface area is 133 Å². The van der Waals surface area contributed by atoms with E-state index in [0.29, 0.717) is 16.8 Å². The van der Waals surface area contributed by atoms with Gasteiger partial charge in [0, 0.05) is 18.6 Å². The van der Waals surface area contributed by atoms with Crippen molar-refractivity contribution >= 4 is 28.8 Å². The Morgan fingerprint density at radius 1 is 1.22 bits per heavy atom. The second kappa shape index (κ2) is 5.96. The van der Waals surface area contributed by atoms with Gasteiger partial charge in [0.25, 0.3) is 0 Å². The highest BCUT2D eigenvalue weighted by Crippen LogP contribution is 2.29. The van der Waals surface area contributed by atoms with Crippen molar-refractivity contribution in [1.82, 2.24) is 4.57 Å². The highest BCUT2D eigenvalue weighted by Gasteiger charge is 2.12. The zero-order chi connectivity index (χ0) is 16.4. The zero-order valence-electron chi connectivity index (χ0n) is 12.9. The Hall–Kier alpha value is -3.08. The summed E-state index contributed by atoms with van der Waals surface area (Å²) in [5.74, 6) is -0.255. The van der Waals surface area contributed by atoms with Crippen LogP contribution >= 0.6 is 0 Å². The third-order valence-corrected chi connectivity index (χ3v) is 3.72. The van der Waals surface area contributed by atoms with Gasteiger partial charge in [-0.3, -0.25) is 4.99 Å². The number of aliphatic imine (C=N–C) groups is 1. The third-order valence-electron chi connectivity index (χ3n) is 3.72. The number of aromatic nitrogens is 1. The number of hydrogen-bond acceptors (Lipinski definition) is 4. The number of aromatic hydroxyl groups is 1. The quantitative estimate of drug-likeness (QED) is 0.595. The number of fused-ring (bicyclic) bond motifs is 1. The average Bonchev–Trinajstić information content (AvgIpc) is 2.84. The maximum atomic E-state index is 11.6. The Kier molecular flexibility index (Phi) is 3.85. The monoisotopic (exact) mass is 308 g/mol. The van der Waals surface area contributed by atoms with Gasteiger partial charge in [-0.1, -0.05) is 24.3 Å². The SMILES string of the molecule is COC(=O)c1cccc(N=Cc2c(O)n(C)c3ccccc23)c1. The molecule has 0 saturated heterocycles. The van der Waals surface area contributed by atoms with Gasteiger partial charge in [0.05, 0.1) is 29.4 Å². The summed E-state index contributed by atoms with van der Waals surface area (Å²) in [4.78, 5) is 15.9. The summed E-state index contributed by atoms with van der Waals surface area (Å²) in [6.07, 6.45) is 1.61. The number of benzene rings is 2. The number of hydrogen-bond donors (Lipinski definition) is 1. The van der Waals surface area contributed by atoms with E-state index in [2.05, 4.69) is 4.99 Å². The van der Waals surface area contributed by atoms with Crippen LogP contribution in [-0.2, 0) is 11.8 Å². The Balaban J connectivity index is 2.01. The molecule has 5 heteroatoms. The van der Waals surface area contributed by atoms with Crippen molar-refractivity contribution in [2.45, 2.75) is 0 Å². The molecule has 0 bridgehead atoms. The summed E-state index contributed by atoms with van der Waals surface area (Å²) in [6, 6.07) is 14.5. The normalized spacial score (nSPS) is 11.2. The molecule has 116 valence electrons. The van der Waals surface area contributed by atoms with E-state index in [1.54, 1.807) is 42.1 Å². The van der Waals surface area contributed by atoms with Crippen LogP contribution in [-0.4, -0.2) is 29.0 Å². The minimum absolute atomic E-state index is 0.152. The molecule has 0 saturated carbocycles. The number of ether oxygens (including phenoxy) is 1. The predicted molar refractivity (Wildman–Crippen MR) is 89.6 cm³/mol. The number of carbonyl (C=O) groups is 1. The van der Waals surface area contributed by atoms with E-state index < -0.39 is 5.97 Å². The lowest BCUT2D eigenvalue weighted by atomic mass is 10.2. The van der Waals surface area contributed by atoms with Crippen LogP contribution in [0.4, 0.5) is 5.69 Å². The molecule has 23 heavy (non-hydrogen) atoms. The van der Waals surface area contributed by atoms with E-state index in [9.17, 15) is 9.90 Å². The van der Waals surface area contributed by atoms with Crippen LogP contribution in [0.25, 0.3) is 10.9 Å². The van der Waals surface area contributed by atoms with Gasteiger partial charge in [-0.2, -0.15) is 0 Å². The van der Waals surface area contributed by atoms with Crippen molar-refractivity contribution in [2.24, 2.45) is 12.0 Å². The van der Waals surface area contributed by atoms with Gasteiger partial charge < -0.3 is 14.4 Å². The maximum Gasteiger partial charge on any atom is 0.337 e. The molecule has 0 aliphatic heterocycles. The van der Waals surface area contributed by atoms with Gasteiger partial charge in [-0.05, 0) is 24.3 Å². The van der Waals surface area contributed by atoms with Crippen molar-refractivity contribution in [2.75, 3.05) is 7.11 Å². The van der Waals surface area contributed by atoms with E-state index in [4.69, 9.17) is 4.74 Å². The molecule has 3 aromatic rings. The highest BCUT2D eigenvalue weighted by molar-refractivity contribution is 6.03. The fourth-order valence-corrected chi connectivity index (χ4v) is 2.51. The van der Waals surface area contributed by atoms with Crippen molar-refractivity contribution in [1.29, 1.82) is 0 Å². The number of methoxy groups -OCH3 is 1. The number of aryl methyl sites for hydroxylation is 1. The topological polar surface area (TPSA) is 63.8 Å². The van der Waals surface area contributed by atoms with E-state index in [1.807, 2.05) is 24.3 Å².